The third-order valence-electron chi connectivity index (χ3n) is 4.14. The van der Waals surface area contributed by atoms with Crippen LogP contribution >= 0.6 is 11.6 Å². The predicted octanol–water partition coefficient (Wildman–Crippen LogP) is 4.10. The smallest absolute Gasteiger partial charge is 0.311 e. The monoisotopic (exact) mass is 310 g/mol. The van der Waals surface area contributed by atoms with Crippen LogP contribution in [0.2, 0.25) is 0 Å². The molecule has 1 aromatic rings. The molecule has 3 nitrogen and oxygen atoms in total. The number of alkyl halides is 1. The van der Waals surface area contributed by atoms with Crippen LogP contribution in [0, 0.1) is 5.92 Å². The van der Waals surface area contributed by atoms with Crippen molar-refractivity contribution < 1.29 is 14.3 Å². The van der Waals surface area contributed by atoms with Gasteiger partial charge in [-0.25, -0.2) is 0 Å². The summed E-state index contributed by atoms with van der Waals surface area (Å²) < 4.78 is 11.4. The fourth-order valence-corrected chi connectivity index (χ4v) is 3.38. The number of halogens is 1. The van der Waals surface area contributed by atoms with Crippen LogP contribution in [0.25, 0.3) is 0 Å². The summed E-state index contributed by atoms with van der Waals surface area (Å²) in [5, 5.41) is -0.308. The van der Waals surface area contributed by atoms with Crippen LogP contribution in [0.15, 0.2) is 30.3 Å². The van der Waals surface area contributed by atoms with E-state index in [0.717, 1.165) is 5.56 Å². The Labute approximate surface area is 131 Å². The van der Waals surface area contributed by atoms with E-state index in [1.165, 1.54) is 0 Å². The first kappa shape index (κ1) is 16.3. The molecule has 0 aliphatic carbocycles. The summed E-state index contributed by atoms with van der Waals surface area (Å²) in [4.78, 5) is 12.2. The second-order valence-electron chi connectivity index (χ2n) is 6.30. The first-order valence-corrected chi connectivity index (χ1v) is 7.79. The van der Waals surface area contributed by atoms with E-state index in [9.17, 15) is 4.79 Å². The Morgan fingerprint density at radius 3 is 2.57 bits per heavy atom. The van der Waals surface area contributed by atoms with E-state index in [0.29, 0.717) is 13.0 Å². The molecule has 1 aliphatic rings. The zero-order chi connectivity index (χ0) is 15.7. The first-order valence-electron chi connectivity index (χ1n) is 7.36. The van der Waals surface area contributed by atoms with E-state index in [2.05, 4.69) is 0 Å². The molecule has 116 valence electrons. The maximum atomic E-state index is 12.2. The van der Waals surface area contributed by atoms with E-state index >= 15 is 0 Å². The van der Waals surface area contributed by atoms with Crippen molar-refractivity contribution in [3.8, 4) is 0 Å². The third-order valence-corrected chi connectivity index (χ3v) is 4.86. The zero-order valence-electron chi connectivity index (χ0n) is 13.1. The van der Waals surface area contributed by atoms with Crippen LogP contribution in [0.5, 0.6) is 0 Å². The first-order chi connectivity index (χ1) is 9.80. The lowest BCUT2D eigenvalue weighted by atomic mass is 9.84. The fourth-order valence-electron chi connectivity index (χ4n) is 3.10. The van der Waals surface area contributed by atoms with Gasteiger partial charge in [0.05, 0.1) is 29.1 Å². The van der Waals surface area contributed by atoms with Crippen LogP contribution < -0.4 is 0 Å². The lowest BCUT2D eigenvalue weighted by molar-refractivity contribution is -0.154. The highest BCUT2D eigenvalue weighted by Crippen LogP contribution is 2.50. The van der Waals surface area contributed by atoms with Crippen molar-refractivity contribution in [2.75, 3.05) is 6.61 Å². The number of rotatable bonds is 4. The SMILES string of the molecule is CCOC(=O)C1CC(C)(C(Cl)c2ccccc2)OC1(C)C. The summed E-state index contributed by atoms with van der Waals surface area (Å²) in [6.07, 6.45) is 0.557. The van der Waals surface area contributed by atoms with Crippen molar-refractivity contribution >= 4 is 17.6 Å². The Hall–Kier alpha value is -1.06. The molecule has 3 unspecified atom stereocenters. The van der Waals surface area contributed by atoms with E-state index in [-0.39, 0.29) is 17.3 Å². The van der Waals surface area contributed by atoms with Gasteiger partial charge in [-0.05, 0) is 39.7 Å². The van der Waals surface area contributed by atoms with Crippen LogP contribution in [0.4, 0.5) is 0 Å². The third kappa shape index (κ3) is 3.24. The molecule has 0 radical (unpaired) electrons. The average Bonchev–Trinajstić information content (AvgIpc) is 2.70. The molecule has 1 heterocycles. The molecule has 1 fully saturated rings. The molecule has 0 aromatic heterocycles. The molecule has 1 aliphatic heterocycles. The highest BCUT2D eigenvalue weighted by molar-refractivity contribution is 6.21. The van der Waals surface area contributed by atoms with Crippen LogP contribution in [-0.2, 0) is 14.3 Å². The second-order valence-corrected chi connectivity index (χ2v) is 6.74. The largest absolute Gasteiger partial charge is 0.466 e. The van der Waals surface area contributed by atoms with Gasteiger partial charge in [-0.2, -0.15) is 0 Å². The number of hydrogen-bond acceptors (Lipinski definition) is 3. The minimum atomic E-state index is -0.593. The summed E-state index contributed by atoms with van der Waals surface area (Å²) in [6.45, 7) is 8.01. The van der Waals surface area contributed by atoms with Crippen LogP contribution in [-0.4, -0.2) is 23.8 Å². The van der Waals surface area contributed by atoms with Crippen molar-refractivity contribution in [2.24, 2.45) is 5.92 Å². The van der Waals surface area contributed by atoms with E-state index < -0.39 is 11.2 Å². The second kappa shape index (κ2) is 5.98. The Morgan fingerprint density at radius 2 is 2.00 bits per heavy atom. The number of benzene rings is 1. The molecule has 21 heavy (non-hydrogen) atoms. The van der Waals surface area contributed by atoms with Crippen LogP contribution in [0.1, 0.15) is 45.1 Å². The summed E-state index contributed by atoms with van der Waals surface area (Å²) in [5.41, 5.74) is -0.172. The minimum Gasteiger partial charge on any atom is -0.466 e. The Kier molecular flexibility index (Phi) is 4.64. The van der Waals surface area contributed by atoms with Crippen molar-refractivity contribution in [3.63, 3.8) is 0 Å². The summed E-state index contributed by atoms with van der Waals surface area (Å²) in [7, 11) is 0. The molecular formula is C17H23ClO3. The molecule has 2 rings (SSSR count). The molecule has 0 saturated carbocycles. The number of carbonyl (C=O) groups is 1. The predicted molar refractivity (Wildman–Crippen MR) is 83.3 cm³/mol. The van der Waals surface area contributed by atoms with Gasteiger partial charge in [-0.3, -0.25) is 4.79 Å². The van der Waals surface area contributed by atoms with E-state index in [1.807, 2.05) is 58.0 Å². The van der Waals surface area contributed by atoms with E-state index in [1.54, 1.807) is 0 Å². The molecule has 0 spiro atoms. The van der Waals surface area contributed by atoms with Crippen molar-refractivity contribution in [1.82, 2.24) is 0 Å². The van der Waals surface area contributed by atoms with Crippen LogP contribution in [0.3, 0.4) is 0 Å². The van der Waals surface area contributed by atoms with Gasteiger partial charge in [-0.1, -0.05) is 30.3 Å². The van der Waals surface area contributed by atoms with Gasteiger partial charge in [0.2, 0.25) is 0 Å². The molecule has 0 bridgehead atoms. The van der Waals surface area contributed by atoms with Gasteiger partial charge in [0.25, 0.3) is 0 Å². The minimum absolute atomic E-state index is 0.205. The molecule has 0 amide bonds. The van der Waals surface area contributed by atoms with Gasteiger partial charge in [-0.15, -0.1) is 11.6 Å². The van der Waals surface area contributed by atoms with Gasteiger partial charge in [0.15, 0.2) is 0 Å². The highest BCUT2D eigenvalue weighted by atomic mass is 35.5. The number of hydrogen-bond donors (Lipinski definition) is 0. The Morgan fingerprint density at radius 1 is 1.38 bits per heavy atom. The standard InChI is InChI=1S/C17H23ClO3/c1-5-20-15(19)13-11-17(4,21-16(13,2)3)14(18)12-9-7-6-8-10-12/h6-10,13-14H,5,11H2,1-4H3. The molecule has 3 atom stereocenters. The van der Waals surface area contributed by atoms with Gasteiger partial charge >= 0.3 is 5.97 Å². The highest BCUT2D eigenvalue weighted by Gasteiger charge is 2.55. The fraction of sp³-hybridized carbons (Fsp3) is 0.588. The maximum Gasteiger partial charge on any atom is 0.311 e. The topological polar surface area (TPSA) is 35.5 Å². The van der Waals surface area contributed by atoms with Gasteiger partial charge in [0, 0.05) is 0 Å². The summed E-state index contributed by atoms with van der Waals surface area (Å²) in [6, 6.07) is 9.83. The van der Waals surface area contributed by atoms with Gasteiger partial charge < -0.3 is 9.47 Å². The zero-order valence-corrected chi connectivity index (χ0v) is 13.8. The molecule has 1 aromatic carbocycles. The number of ether oxygens (including phenoxy) is 2. The maximum absolute atomic E-state index is 12.2. The molecular weight excluding hydrogens is 288 g/mol. The molecule has 0 N–H and O–H groups in total. The molecule has 4 heteroatoms. The summed E-state index contributed by atoms with van der Waals surface area (Å²) >= 11 is 6.65. The van der Waals surface area contributed by atoms with Crippen molar-refractivity contribution in [3.05, 3.63) is 35.9 Å². The molecule has 1 saturated heterocycles. The normalized spacial score (nSPS) is 29.1. The number of esters is 1. The lowest BCUT2D eigenvalue weighted by Crippen LogP contribution is -2.35. The number of carbonyl (C=O) groups excluding carboxylic acids is 1. The van der Waals surface area contributed by atoms with Crippen molar-refractivity contribution in [2.45, 2.75) is 50.7 Å². The van der Waals surface area contributed by atoms with E-state index in [4.69, 9.17) is 21.1 Å². The Bertz CT molecular complexity index is 500. The summed E-state index contributed by atoms with van der Waals surface area (Å²) in [5.74, 6) is -0.504. The quantitative estimate of drug-likeness (QED) is 0.620. The lowest BCUT2D eigenvalue weighted by Gasteiger charge is -2.32. The van der Waals surface area contributed by atoms with Crippen molar-refractivity contribution in [1.29, 1.82) is 0 Å². The van der Waals surface area contributed by atoms with Gasteiger partial charge in [0.1, 0.15) is 0 Å². The average molecular weight is 311 g/mol. The Balaban J connectivity index is 2.23.